The summed E-state index contributed by atoms with van der Waals surface area (Å²) < 4.78 is 15.5. The predicted molar refractivity (Wildman–Crippen MR) is 79.6 cm³/mol. The van der Waals surface area contributed by atoms with Crippen LogP contribution in [0.5, 0.6) is 11.5 Å². The van der Waals surface area contributed by atoms with E-state index < -0.39 is 18.0 Å². The number of methoxy groups -OCH3 is 1. The Kier molecular flexibility index (Phi) is 5.14. The van der Waals surface area contributed by atoms with Gasteiger partial charge in [-0.2, -0.15) is 0 Å². The van der Waals surface area contributed by atoms with Crippen LogP contribution in [-0.2, 0) is 14.3 Å². The van der Waals surface area contributed by atoms with Crippen molar-refractivity contribution in [2.45, 2.75) is 13.0 Å². The minimum atomic E-state index is -1.12. The molecule has 0 saturated carbocycles. The highest BCUT2D eigenvalue weighted by Gasteiger charge is 2.26. The summed E-state index contributed by atoms with van der Waals surface area (Å²) in [5.41, 5.74) is 0.539. The molecule has 0 saturated heterocycles. The second-order valence-electron chi connectivity index (χ2n) is 4.47. The van der Waals surface area contributed by atoms with Crippen LogP contribution in [0.4, 0.5) is 0 Å². The lowest BCUT2D eigenvalue weighted by Crippen LogP contribution is -2.23. The van der Waals surface area contributed by atoms with Crippen molar-refractivity contribution in [2.24, 2.45) is 0 Å². The third-order valence-corrected chi connectivity index (χ3v) is 2.88. The van der Waals surface area contributed by atoms with E-state index in [9.17, 15) is 9.59 Å². The highest BCUT2D eigenvalue weighted by molar-refractivity contribution is 5.82. The zero-order valence-corrected chi connectivity index (χ0v) is 12.3. The Bertz CT molecular complexity index is 651. The number of rotatable bonds is 5. The zero-order valence-electron chi connectivity index (χ0n) is 12.3. The van der Waals surface area contributed by atoms with Gasteiger partial charge in [-0.15, -0.1) is 0 Å². The number of carbonyl (C=O) groups excluding carboxylic acids is 2. The van der Waals surface area contributed by atoms with Crippen LogP contribution >= 0.6 is 0 Å². The summed E-state index contributed by atoms with van der Waals surface area (Å²) in [5, 5.41) is 0. The molecule has 0 aliphatic heterocycles. The maximum absolute atomic E-state index is 12.4. The van der Waals surface area contributed by atoms with Crippen LogP contribution in [-0.4, -0.2) is 19.0 Å². The van der Waals surface area contributed by atoms with Crippen LogP contribution in [0.1, 0.15) is 18.6 Å². The highest BCUT2D eigenvalue weighted by Crippen LogP contribution is 2.28. The Morgan fingerprint density at radius 3 is 2.09 bits per heavy atom. The van der Waals surface area contributed by atoms with Crippen molar-refractivity contribution in [2.75, 3.05) is 7.11 Å². The minimum Gasteiger partial charge on any atom is -0.493 e. The van der Waals surface area contributed by atoms with Crippen LogP contribution in [0.3, 0.4) is 0 Å². The van der Waals surface area contributed by atoms with E-state index in [1.54, 1.807) is 54.6 Å². The molecule has 0 aliphatic carbocycles. The van der Waals surface area contributed by atoms with Gasteiger partial charge in [0.2, 0.25) is 6.10 Å². The number of esters is 2. The van der Waals surface area contributed by atoms with E-state index in [1.165, 1.54) is 14.0 Å². The fraction of sp³-hybridized carbons (Fsp3) is 0.176. The van der Waals surface area contributed by atoms with E-state index in [2.05, 4.69) is 0 Å². The number of ether oxygens (including phenoxy) is 3. The summed E-state index contributed by atoms with van der Waals surface area (Å²) in [6.07, 6.45) is -1.12. The Balaban J connectivity index is 2.24. The van der Waals surface area contributed by atoms with Gasteiger partial charge in [0.15, 0.2) is 11.5 Å². The van der Waals surface area contributed by atoms with E-state index in [4.69, 9.17) is 14.2 Å². The molecule has 0 aromatic heterocycles. The van der Waals surface area contributed by atoms with Crippen molar-refractivity contribution in [3.8, 4) is 11.5 Å². The van der Waals surface area contributed by atoms with Gasteiger partial charge in [0, 0.05) is 12.5 Å². The summed E-state index contributed by atoms with van der Waals surface area (Å²) in [6.45, 7) is 1.24. The van der Waals surface area contributed by atoms with Crippen molar-refractivity contribution >= 4 is 11.9 Å². The molecule has 0 fully saturated rings. The lowest BCUT2D eigenvalue weighted by Gasteiger charge is -2.17. The smallest absolute Gasteiger partial charge is 0.357 e. The summed E-state index contributed by atoms with van der Waals surface area (Å²) in [6, 6.07) is 15.4. The number of hydrogen-bond acceptors (Lipinski definition) is 5. The molecule has 2 aromatic rings. The molecular weight excluding hydrogens is 284 g/mol. The van der Waals surface area contributed by atoms with Crippen molar-refractivity contribution in [1.82, 2.24) is 0 Å². The van der Waals surface area contributed by atoms with Crippen molar-refractivity contribution in [1.29, 1.82) is 0 Å². The van der Waals surface area contributed by atoms with E-state index in [0.717, 1.165) is 0 Å². The van der Waals surface area contributed by atoms with E-state index in [0.29, 0.717) is 11.3 Å². The Hall–Kier alpha value is -2.82. The average Bonchev–Trinajstić information content (AvgIpc) is 2.53. The van der Waals surface area contributed by atoms with Crippen LogP contribution in [0.15, 0.2) is 54.6 Å². The number of para-hydroxylation sites is 2. The van der Waals surface area contributed by atoms with Gasteiger partial charge < -0.3 is 14.2 Å². The fourth-order valence-electron chi connectivity index (χ4n) is 1.91. The third kappa shape index (κ3) is 3.85. The molecule has 1 atom stereocenters. The Labute approximate surface area is 128 Å². The molecule has 5 heteroatoms. The summed E-state index contributed by atoms with van der Waals surface area (Å²) in [5.74, 6) is -0.565. The average molecular weight is 300 g/mol. The molecular formula is C17H16O5. The van der Waals surface area contributed by atoms with Gasteiger partial charge >= 0.3 is 11.9 Å². The first-order valence-corrected chi connectivity index (χ1v) is 6.68. The molecule has 2 aromatic carbocycles. The maximum Gasteiger partial charge on any atom is 0.357 e. The molecule has 2 rings (SSSR count). The van der Waals surface area contributed by atoms with Crippen LogP contribution in [0, 0.1) is 0 Å². The van der Waals surface area contributed by atoms with E-state index in [-0.39, 0.29) is 5.75 Å². The van der Waals surface area contributed by atoms with Crippen molar-refractivity contribution in [3.05, 3.63) is 60.2 Å². The molecule has 22 heavy (non-hydrogen) atoms. The van der Waals surface area contributed by atoms with Gasteiger partial charge in [0.25, 0.3) is 0 Å². The summed E-state index contributed by atoms with van der Waals surface area (Å²) in [4.78, 5) is 23.6. The molecule has 0 radical (unpaired) electrons. The molecule has 0 heterocycles. The van der Waals surface area contributed by atoms with E-state index in [1.807, 2.05) is 0 Å². The first kappa shape index (κ1) is 15.6. The quantitative estimate of drug-likeness (QED) is 0.627. The lowest BCUT2D eigenvalue weighted by atomic mass is 10.1. The number of hydrogen-bond donors (Lipinski definition) is 0. The van der Waals surface area contributed by atoms with Crippen molar-refractivity contribution in [3.63, 3.8) is 0 Å². The predicted octanol–water partition coefficient (Wildman–Crippen LogP) is 2.91. The summed E-state index contributed by atoms with van der Waals surface area (Å²) in [7, 11) is 1.48. The summed E-state index contributed by atoms with van der Waals surface area (Å²) >= 11 is 0. The molecule has 0 spiro atoms. The molecule has 114 valence electrons. The Morgan fingerprint density at radius 2 is 1.50 bits per heavy atom. The first-order valence-electron chi connectivity index (χ1n) is 6.68. The van der Waals surface area contributed by atoms with Crippen LogP contribution in [0.2, 0.25) is 0 Å². The topological polar surface area (TPSA) is 61.8 Å². The lowest BCUT2D eigenvalue weighted by molar-refractivity contribution is -0.161. The molecule has 1 unspecified atom stereocenters. The second-order valence-corrected chi connectivity index (χ2v) is 4.47. The van der Waals surface area contributed by atoms with E-state index >= 15 is 0 Å². The standard InChI is InChI=1S/C17H16O5/c1-12(18)21-16(13-8-4-3-5-9-13)17(19)22-15-11-7-6-10-14(15)20-2/h3-11,16H,1-2H3. The normalized spacial score (nSPS) is 11.4. The van der Waals surface area contributed by atoms with Gasteiger partial charge in [-0.25, -0.2) is 4.79 Å². The number of carbonyl (C=O) groups is 2. The van der Waals surface area contributed by atoms with Gasteiger partial charge in [-0.3, -0.25) is 4.79 Å². The minimum absolute atomic E-state index is 0.267. The van der Waals surface area contributed by atoms with Gasteiger partial charge in [0.1, 0.15) is 0 Å². The van der Waals surface area contributed by atoms with Crippen LogP contribution < -0.4 is 9.47 Å². The monoisotopic (exact) mass is 300 g/mol. The first-order chi connectivity index (χ1) is 10.6. The van der Waals surface area contributed by atoms with Crippen molar-refractivity contribution < 1.29 is 23.8 Å². The Morgan fingerprint density at radius 1 is 0.909 bits per heavy atom. The SMILES string of the molecule is COc1ccccc1OC(=O)C(OC(C)=O)c1ccccc1. The maximum atomic E-state index is 12.4. The van der Waals surface area contributed by atoms with Gasteiger partial charge in [-0.1, -0.05) is 42.5 Å². The molecule has 0 N–H and O–H groups in total. The zero-order chi connectivity index (χ0) is 15.9. The third-order valence-electron chi connectivity index (χ3n) is 2.88. The van der Waals surface area contributed by atoms with Gasteiger partial charge in [-0.05, 0) is 12.1 Å². The fourth-order valence-corrected chi connectivity index (χ4v) is 1.91. The molecule has 5 nitrogen and oxygen atoms in total. The highest BCUT2D eigenvalue weighted by atomic mass is 16.6. The molecule has 0 aliphatic rings. The van der Waals surface area contributed by atoms with Crippen LogP contribution in [0.25, 0.3) is 0 Å². The molecule has 0 amide bonds. The van der Waals surface area contributed by atoms with Gasteiger partial charge in [0.05, 0.1) is 7.11 Å². The largest absolute Gasteiger partial charge is 0.493 e. The molecule has 0 bridgehead atoms. The second kappa shape index (κ2) is 7.26. The number of benzene rings is 2.